The van der Waals surface area contributed by atoms with Gasteiger partial charge in [-0.2, -0.15) is 15.0 Å². The molecule has 6 nitrogen and oxygen atoms in total. The van der Waals surface area contributed by atoms with Crippen molar-refractivity contribution in [2.24, 2.45) is 0 Å². The zero-order valence-electron chi connectivity index (χ0n) is 11.3. The van der Waals surface area contributed by atoms with E-state index in [1.807, 2.05) is 18.4 Å². The minimum atomic E-state index is -0.226. The van der Waals surface area contributed by atoms with Crippen LogP contribution in [0.4, 0.5) is 11.9 Å². The second-order valence-electron chi connectivity index (χ2n) is 4.21. The molecule has 0 bridgehead atoms. The summed E-state index contributed by atoms with van der Waals surface area (Å²) in [5, 5.41) is 8.33. The van der Waals surface area contributed by atoms with Crippen LogP contribution in [-0.4, -0.2) is 20.9 Å². The van der Waals surface area contributed by atoms with Gasteiger partial charge in [0.15, 0.2) is 0 Å². The third-order valence-electron chi connectivity index (χ3n) is 2.42. The van der Waals surface area contributed by atoms with E-state index >= 15 is 0 Å². The van der Waals surface area contributed by atoms with Crippen LogP contribution in [0.3, 0.4) is 0 Å². The molecule has 0 aliphatic rings. The number of nitrogens with one attached hydrogen (secondary N) is 2. The molecule has 0 saturated carbocycles. The van der Waals surface area contributed by atoms with E-state index in [9.17, 15) is 4.79 Å². The van der Waals surface area contributed by atoms with E-state index in [1.165, 1.54) is 6.92 Å². The monoisotopic (exact) mass is 311 g/mol. The van der Waals surface area contributed by atoms with Crippen molar-refractivity contribution < 1.29 is 4.79 Å². The minimum Gasteiger partial charge on any atom is -0.347 e. The molecule has 2 aromatic heterocycles. The third-order valence-corrected chi connectivity index (χ3v) is 3.96. The number of amides is 1. The summed E-state index contributed by atoms with van der Waals surface area (Å²) in [5.41, 5.74) is 0. The fourth-order valence-electron chi connectivity index (χ4n) is 1.63. The van der Waals surface area contributed by atoms with Gasteiger partial charge in [0.05, 0.1) is 11.1 Å². The number of carbonyl (C=O) groups excluding carboxylic acids is 1. The van der Waals surface area contributed by atoms with Gasteiger partial charge in [-0.1, -0.05) is 11.6 Å². The lowest BCUT2D eigenvalue weighted by Gasteiger charge is -2.13. The number of aryl methyl sites for hydroxylation is 1. The maximum absolute atomic E-state index is 11.0. The molecule has 0 aromatic carbocycles. The Bertz CT molecular complexity index is 630. The number of rotatable bonds is 4. The molecule has 0 fully saturated rings. The predicted octanol–water partition coefficient (Wildman–Crippen LogP) is 3.03. The van der Waals surface area contributed by atoms with E-state index < -0.39 is 0 Å². The Kier molecular flexibility index (Phi) is 4.51. The fraction of sp³-hybridized carbons (Fsp3) is 0.333. The van der Waals surface area contributed by atoms with Gasteiger partial charge in [0.25, 0.3) is 0 Å². The summed E-state index contributed by atoms with van der Waals surface area (Å²) in [6, 6.07) is 1.82. The Labute approximate surface area is 125 Å². The summed E-state index contributed by atoms with van der Waals surface area (Å²) in [4.78, 5) is 24.4. The Morgan fingerprint density at radius 2 is 2.05 bits per heavy atom. The van der Waals surface area contributed by atoms with Crippen LogP contribution in [-0.2, 0) is 4.79 Å². The molecular formula is C12H14ClN5OS. The lowest BCUT2D eigenvalue weighted by atomic mass is 10.3. The van der Waals surface area contributed by atoms with Gasteiger partial charge >= 0.3 is 0 Å². The van der Waals surface area contributed by atoms with Gasteiger partial charge in [0.2, 0.25) is 17.8 Å². The topological polar surface area (TPSA) is 79.8 Å². The van der Waals surface area contributed by atoms with E-state index in [4.69, 9.17) is 11.6 Å². The van der Waals surface area contributed by atoms with Crippen LogP contribution in [0.1, 0.15) is 30.6 Å². The van der Waals surface area contributed by atoms with E-state index in [-0.39, 0.29) is 17.9 Å². The second-order valence-corrected chi connectivity index (χ2v) is 5.56. The number of carbonyl (C=O) groups is 1. The number of anilines is 2. The average molecular weight is 312 g/mol. The van der Waals surface area contributed by atoms with E-state index in [0.717, 1.165) is 4.88 Å². The van der Waals surface area contributed by atoms with Gasteiger partial charge in [-0.05, 0) is 25.3 Å². The summed E-state index contributed by atoms with van der Waals surface area (Å²) < 4.78 is 0. The number of nitrogens with zero attached hydrogens (tertiary/aromatic N) is 3. The summed E-state index contributed by atoms with van der Waals surface area (Å²) in [7, 11) is 0. The quantitative estimate of drug-likeness (QED) is 0.907. The summed E-state index contributed by atoms with van der Waals surface area (Å²) in [6.07, 6.45) is 0. The Balaban J connectivity index is 2.18. The van der Waals surface area contributed by atoms with E-state index in [2.05, 4.69) is 25.6 Å². The van der Waals surface area contributed by atoms with Crippen molar-refractivity contribution in [3.8, 4) is 0 Å². The van der Waals surface area contributed by atoms with Crippen molar-refractivity contribution >= 4 is 40.7 Å². The van der Waals surface area contributed by atoms with Gasteiger partial charge in [0, 0.05) is 11.8 Å². The zero-order valence-corrected chi connectivity index (χ0v) is 12.8. The highest BCUT2D eigenvalue weighted by Gasteiger charge is 2.13. The van der Waals surface area contributed by atoms with Crippen LogP contribution in [0.25, 0.3) is 0 Å². The summed E-state index contributed by atoms with van der Waals surface area (Å²) in [6.45, 7) is 5.11. The Morgan fingerprint density at radius 3 is 2.65 bits per heavy atom. The van der Waals surface area contributed by atoms with Crippen molar-refractivity contribution in [3.05, 3.63) is 27.2 Å². The largest absolute Gasteiger partial charge is 0.347 e. The highest BCUT2D eigenvalue weighted by molar-refractivity contribution is 7.10. The lowest BCUT2D eigenvalue weighted by Crippen LogP contribution is -2.14. The van der Waals surface area contributed by atoms with Crippen molar-refractivity contribution in [1.82, 2.24) is 15.0 Å². The van der Waals surface area contributed by atoms with Crippen molar-refractivity contribution in [2.45, 2.75) is 26.8 Å². The average Bonchev–Trinajstić information content (AvgIpc) is 2.73. The predicted molar refractivity (Wildman–Crippen MR) is 80.2 cm³/mol. The smallest absolute Gasteiger partial charge is 0.234 e. The van der Waals surface area contributed by atoms with Crippen LogP contribution < -0.4 is 10.6 Å². The molecule has 8 heteroatoms. The Morgan fingerprint density at radius 1 is 1.35 bits per heavy atom. The minimum absolute atomic E-state index is 0.0329. The molecule has 2 N–H and O–H groups in total. The van der Waals surface area contributed by atoms with Gasteiger partial charge in [-0.15, -0.1) is 11.3 Å². The summed E-state index contributed by atoms with van der Waals surface area (Å²) >= 11 is 7.65. The maximum atomic E-state index is 11.0. The first-order valence-electron chi connectivity index (χ1n) is 5.95. The van der Waals surface area contributed by atoms with Gasteiger partial charge in [-0.25, -0.2) is 0 Å². The number of aromatic nitrogens is 3. The molecule has 2 heterocycles. The van der Waals surface area contributed by atoms with Crippen LogP contribution in [0.15, 0.2) is 11.4 Å². The highest BCUT2D eigenvalue weighted by Crippen LogP contribution is 2.30. The van der Waals surface area contributed by atoms with E-state index in [1.54, 1.807) is 18.3 Å². The fourth-order valence-corrected chi connectivity index (χ4v) is 2.86. The van der Waals surface area contributed by atoms with Crippen LogP contribution in [0, 0.1) is 6.92 Å². The van der Waals surface area contributed by atoms with Crippen LogP contribution in [0.5, 0.6) is 0 Å². The molecule has 2 rings (SSSR count). The van der Waals surface area contributed by atoms with Gasteiger partial charge in [-0.3, -0.25) is 10.1 Å². The molecular weight excluding hydrogens is 298 g/mol. The molecule has 1 atom stereocenters. The normalized spacial score (nSPS) is 12.0. The molecule has 20 heavy (non-hydrogen) atoms. The van der Waals surface area contributed by atoms with Crippen LogP contribution in [0.2, 0.25) is 5.02 Å². The first-order valence-corrected chi connectivity index (χ1v) is 7.21. The molecule has 0 aliphatic heterocycles. The van der Waals surface area contributed by atoms with Crippen molar-refractivity contribution in [2.75, 3.05) is 10.6 Å². The number of hydrogen-bond donors (Lipinski definition) is 2. The van der Waals surface area contributed by atoms with Gasteiger partial charge < -0.3 is 5.32 Å². The zero-order chi connectivity index (χ0) is 14.7. The molecule has 0 saturated heterocycles. The number of hydrogen-bond acceptors (Lipinski definition) is 6. The molecule has 0 aliphatic carbocycles. The maximum Gasteiger partial charge on any atom is 0.234 e. The molecule has 0 spiro atoms. The molecule has 1 unspecified atom stereocenters. The number of halogens is 1. The molecule has 0 radical (unpaired) electrons. The SMILES string of the molecule is CC(=O)Nc1nc(C)nc(NC(C)c2sccc2Cl)n1. The van der Waals surface area contributed by atoms with E-state index in [0.29, 0.717) is 16.8 Å². The summed E-state index contributed by atoms with van der Waals surface area (Å²) in [5.74, 6) is 0.932. The molecule has 2 aromatic rings. The van der Waals surface area contributed by atoms with Crippen LogP contribution >= 0.6 is 22.9 Å². The Hall–Kier alpha value is -1.73. The first-order chi connectivity index (χ1) is 9.45. The molecule has 106 valence electrons. The van der Waals surface area contributed by atoms with Crippen molar-refractivity contribution in [3.63, 3.8) is 0 Å². The second kappa shape index (κ2) is 6.15. The molecule has 1 amide bonds. The van der Waals surface area contributed by atoms with Gasteiger partial charge in [0.1, 0.15) is 5.82 Å². The highest BCUT2D eigenvalue weighted by atomic mass is 35.5. The van der Waals surface area contributed by atoms with Crippen molar-refractivity contribution in [1.29, 1.82) is 0 Å². The first kappa shape index (κ1) is 14.7. The standard InChI is InChI=1S/C12H14ClN5OS/c1-6(10-9(13)4-5-20-10)14-11-15-7(2)16-12(18-11)17-8(3)19/h4-6H,1-3H3,(H2,14,15,16,17,18,19). The number of thiophene rings is 1. The lowest BCUT2D eigenvalue weighted by molar-refractivity contribution is -0.114. The third kappa shape index (κ3) is 3.64.